The zero-order valence-corrected chi connectivity index (χ0v) is 14.2. The molecule has 0 spiro atoms. The van der Waals surface area contributed by atoms with Crippen LogP contribution in [-0.2, 0) is 9.53 Å². The van der Waals surface area contributed by atoms with E-state index in [2.05, 4.69) is 15.3 Å². The predicted octanol–water partition coefficient (Wildman–Crippen LogP) is 2.73. The molecule has 5 rings (SSSR count). The van der Waals surface area contributed by atoms with Crippen LogP contribution in [0.25, 0.3) is 11.0 Å². The van der Waals surface area contributed by atoms with Crippen molar-refractivity contribution in [1.82, 2.24) is 9.97 Å². The number of anilines is 1. The summed E-state index contributed by atoms with van der Waals surface area (Å²) in [5, 5.41) is 3.07. The number of ether oxygens (including phenoxy) is 1. The molecule has 1 aromatic carbocycles. The average molecular weight is 340 g/mol. The van der Waals surface area contributed by atoms with Gasteiger partial charge in [0.05, 0.1) is 17.0 Å². The Morgan fingerprint density at radius 2 is 2.16 bits per heavy atom. The number of amides is 1. The molecule has 1 aromatic heterocycles. The summed E-state index contributed by atoms with van der Waals surface area (Å²) in [5.74, 6) is 1.90. The monoisotopic (exact) mass is 340 g/mol. The number of H-pyrrole nitrogens is 1. The maximum absolute atomic E-state index is 12.7. The van der Waals surface area contributed by atoms with Crippen molar-refractivity contribution in [1.29, 1.82) is 0 Å². The third-order valence-electron chi connectivity index (χ3n) is 6.29. The van der Waals surface area contributed by atoms with Gasteiger partial charge in [0.1, 0.15) is 11.9 Å². The van der Waals surface area contributed by atoms with Gasteiger partial charge in [0.15, 0.2) is 0 Å². The first-order valence-electron chi connectivity index (χ1n) is 9.37. The van der Waals surface area contributed by atoms with Gasteiger partial charge < -0.3 is 20.8 Å². The van der Waals surface area contributed by atoms with Crippen molar-refractivity contribution in [2.75, 3.05) is 11.9 Å². The van der Waals surface area contributed by atoms with Crippen LogP contribution in [0.5, 0.6) is 0 Å². The summed E-state index contributed by atoms with van der Waals surface area (Å²) in [6.07, 6.45) is 5.59. The third-order valence-corrected chi connectivity index (χ3v) is 6.29. The van der Waals surface area contributed by atoms with E-state index in [1.165, 1.54) is 6.42 Å². The number of aromatic amines is 1. The standard InChI is InChI=1S/C19H24N4O2/c20-17-11-4-3-10(8-11)16(17)19(24)21-12-5-6-13-14(9-12)23-18(22-13)15-2-1-7-25-15/h5-6,9-11,15-17H,1-4,7-8,20H2,(H,21,24)(H,22,23). The summed E-state index contributed by atoms with van der Waals surface area (Å²) in [5.41, 5.74) is 8.93. The number of nitrogens with one attached hydrogen (secondary N) is 2. The number of aromatic nitrogens is 2. The second kappa shape index (κ2) is 5.81. The fourth-order valence-electron chi connectivity index (χ4n) is 5.00. The van der Waals surface area contributed by atoms with Crippen LogP contribution in [0.3, 0.4) is 0 Å². The largest absolute Gasteiger partial charge is 0.370 e. The van der Waals surface area contributed by atoms with Gasteiger partial charge in [0.25, 0.3) is 0 Å². The SMILES string of the molecule is NC1C2CCC(C2)C1C(=O)Nc1ccc2nc(C3CCCO3)[nH]c2c1. The highest BCUT2D eigenvalue weighted by Gasteiger charge is 2.49. The highest BCUT2D eigenvalue weighted by atomic mass is 16.5. The van der Waals surface area contributed by atoms with Crippen molar-refractivity contribution in [3.8, 4) is 0 Å². The Hall–Kier alpha value is -1.92. The van der Waals surface area contributed by atoms with E-state index in [1.54, 1.807) is 0 Å². The van der Waals surface area contributed by atoms with Gasteiger partial charge in [-0.25, -0.2) is 4.98 Å². The first kappa shape index (κ1) is 15.3. The molecule has 3 fully saturated rings. The fraction of sp³-hybridized carbons (Fsp3) is 0.579. The van der Waals surface area contributed by atoms with Crippen LogP contribution in [0.2, 0.25) is 0 Å². The van der Waals surface area contributed by atoms with Crippen LogP contribution in [0.1, 0.15) is 44.0 Å². The van der Waals surface area contributed by atoms with E-state index in [4.69, 9.17) is 10.5 Å². The number of carbonyl (C=O) groups excluding carboxylic acids is 1. The number of nitrogens with zero attached hydrogens (tertiary/aromatic N) is 1. The molecule has 0 radical (unpaired) electrons. The van der Waals surface area contributed by atoms with Crippen molar-refractivity contribution in [2.45, 2.75) is 44.2 Å². The zero-order chi connectivity index (χ0) is 17.0. The second-order valence-corrected chi connectivity index (χ2v) is 7.78. The first-order chi connectivity index (χ1) is 12.2. The molecular weight excluding hydrogens is 316 g/mol. The molecule has 2 bridgehead atoms. The molecule has 2 aromatic rings. The van der Waals surface area contributed by atoms with Crippen LogP contribution in [0.4, 0.5) is 5.69 Å². The molecule has 1 saturated heterocycles. The number of nitrogens with two attached hydrogens (primary N) is 1. The van der Waals surface area contributed by atoms with Crippen molar-refractivity contribution < 1.29 is 9.53 Å². The van der Waals surface area contributed by atoms with Crippen LogP contribution in [-0.4, -0.2) is 28.5 Å². The number of carbonyl (C=O) groups is 1. The van der Waals surface area contributed by atoms with Crippen LogP contribution in [0, 0.1) is 17.8 Å². The third kappa shape index (κ3) is 2.55. The van der Waals surface area contributed by atoms with Crippen molar-refractivity contribution >= 4 is 22.6 Å². The maximum atomic E-state index is 12.7. The number of benzene rings is 1. The Morgan fingerprint density at radius 3 is 2.92 bits per heavy atom. The van der Waals surface area contributed by atoms with E-state index in [0.29, 0.717) is 11.8 Å². The molecule has 5 atom stereocenters. The molecule has 4 N–H and O–H groups in total. The minimum atomic E-state index is -0.0429. The molecule has 1 aliphatic heterocycles. The summed E-state index contributed by atoms with van der Waals surface area (Å²) < 4.78 is 5.69. The Balaban J connectivity index is 1.35. The average Bonchev–Trinajstić information content (AvgIpc) is 3.37. The van der Waals surface area contributed by atoms with Crippen molar-refractivity contribution in [3.63, 3.8) is 0 Å². The maximum Gasteiger partial charge on any atom is 0.229 e. The molecule has 132 valence electrons. The van der Waals surface area contributed by atoms with Gasteiger partial charge in [-0.3, -0.25) is 4.79 Å². The summed E-state index contributed by atoms with van der Waals surface area (Å²) in [6.45, 7) is 0.798. The Morgan fingerprint density at radius 1 is 1.28 bits per heavy atom. The number of rotatable bonds is 3. The highest BCUT2D eigenvalue weighted by molar-refractivity contribution is 5.95. The molecule has 2 heterocycles. The molecule has 6 nitrogen and oxygen atoms in total. The molecule has 1 amide bonds. The molecule has 2 aliphatic carbocycles. The van der Waals surface area contributed by atoms with Gasteiger partial charge in [-0.05, 0) is 62.1 Å². The van der Waals surface area contributed by atoms with Crippen LogP contribution in [0.15, 0.2) is 18.2 Å². The van der Waals surface area contributed by atoms with E-state index >= 15 is 0 Å². The van der Waals surface area contributed by atoms with E-state index in [0.717, 1.165) is 54.8 Å². The molecular formula is C19H24N4O2. The number of hydrogen-bond acceptors (Lipinski definition) is 4. The van der Waals surface area contributed by atoms with E-state index in [-0.39, 0.29) is 24.0 Å². The van der Waals surface area contributed by atoms with Crippen LogP contribution < -0.4 is 11.1 Å². The lowest BCUT2D eigenvalue weighted by molar-refractivity contribution is -0.121. The predicted molar refractivity (Wildman–Crippen MR) is 94.9 cm³/mol. The molecule has 5 unspecified atom stereocenters. The zero-order valence-electron chi connectivity index (χ0n) is 14.2. The summed E-state index contributed by atoms with van der Waals surface area (Å²) in [7, 11) is 0. The number of imidazole rings is 1. The van der Waals surface area contributed by atoms with Gasteiger partial charge in [-0.2, -0.15) is 0 Å². The Bertz CT molecular complexity index is 809. The lowest BCUT2D eigenvalue weighted by Crippen LogP contribution is -2.42. The molecule has 3 aliphatic rings. The minimum absolute atomic E-state index is 0.0146. The van der Waals surface area contributed by atoms with Gasteiger partial charge in [-0.15, -0.1) is 0 Å². The van der Waals surface area contributed by atoms with Crippen LogP contribution >= 0.6 is 0 Å². The Kier molecular flexibility index (Phi) is 3.57. The number of fused-ring (bicyclic) bond motifs is 3. The second-order valence-electron chi connectivity index (χ2n) is 7.78. The Labute approximate surface area is 146 Å². The van der Waals surface area contributed by atoms with Gasteiger partial charge in [0, 0.05) is 18.3 Å². The first-order valence-corrected chi connectivity index (χ1v) is 9.37. The summed E-state index contributed by atoms with van der Waals surface area (Å²) in [6, 6.07) is 5.83. The quantitative estimate of drug-likeness (QED) is 0.801. The normalized spacial score (nSPS) is 34.0. The lowest BCUT2D eigenvalue weighted by atomic mass is 9.84. The van der Waals surface area contributed by atoms with E-state index in [1.807, 2.05) is 18.2 Å². The van der Waals surface area contributed by atoms with Gasteiger partial charge in [0.2, 0.25) is 5.91 Å². The van der Waals surface area contributed by atoms with E-state index < -0.39 is 0 Å². The highest BCUT2D eigenvalue weighted by Crippen LogP contribution is 2.48. The van der Waals surface area contributed by atoms with Crippen molar-refractivity contribution in [3.05, 3.63) is 24.0 Å². The molecule has 25 heavy (non-hydrogen) atoms. The molecule has 6 heteroatoms. The number of hydrogen-bond donors (Lipinski definition) is 3. The molecule has 2 saturated carbocycles. The summed E-state index contributed by atoms with van der Waals surface area (Å²) >= 11 is 0. The minimum Gasteiger partial charge on any atom is -0.370 e. The fourth-order valence-corrected chi connectivity index (χ4v) is 5.00. The topological polar surface area (TPSA) is 93.0 Å². The smallest absolute Gasteiger partial charge is 0.229 e. The van der Waals surface area contributed by atoms with Crippen molar-refractivity contribution in [2.24, 2.45) is 23.5 Å². The summed E-state index contributed by atoms with van der Waals surface area (Å²) in [4.78, 5) is 20.7. The van der Waals surface area contributed by atoms with Gasteiger partial charge in [-0.1, -0.05) is 0 Å². The lowest BCUT2D eigenvalue weighted by Gasteiger charge is -2.27. The van der Waals surface area contributed by atoms with E-state index in [9.17, 15) is 4.79 Å². The van der Waals surface area contributed by atoms with Gasteiger partial charge >= 0.3 is 0 Å².